The van der Waals surface area contributed by atoms with Crippen LogP contribution in [0, 0.1) is 6.92 Å². The van der Waals surface area contributed by atoms with E-state index < -0.39 is 0 Å². The molecule has 0 bridgehead atoms. The molecule has 1 N–H and O–H groups in total. The van der Waals surface area contributed by atoms with E-state index in [1.165, 1.54) is 0 Å². The van der Waals surface area contributed by atoms with Crippen LogP contribution in [0.2, 0.25) is 0 Å². The number of nitrogens with zero attached hydrogens (tertiary/aromatic N) is 3. The van der Waals surface area contributed by atoms with Gasteiger partial charge in [-0.05, 0) is 36.8 Å². The maximum atomic E-state index is 12.8. The van der Waals surface area contributed by atoms with E-state index in [0.29, 0.717) is 29.5 Å². The quantitative estimate of drug-likeness (QED) is 0.498. The van der Waals surface area contributed by atoms with Gasteiger partial charge < -0.3 is 19.7 Å². The Bertz CT molecular complexity index is 1110. The first-order chi connectivity index (χ1) is 15.5. The monoisotopic (exact) mass is 430 g/mol. The van der Waals surface area contributed by atoms with Crippen molar-refractivity contribution in [2.45, 2.75) is 13.5 Å². The molecule has 2 aromatic heterocycles. The Kier molecular flexibility index (Phi) is 7.59. The molecule has 164 valence electrons. The zero-order valence-corrected chi connectivity index (χ0v) is 18.4. The van der Waals surface area contributed by atoms with Crippen LogP contribution in [0.4, 0.5) is 5.82 Å². The number of allylic oxidation sites excluding steroid dienone is 2. The predicted molar refractivity (Wildman–Crippen MR) is 125 cm³/mol. The zero-order chi connectivity index (χ0) is 22.9. The van der Waals surface area contributed by atoms with Crippen molar-refractivity contribution < 1.29 is 14.3 Å². The molecule has 7 nitrogen and oxygen atoms in total. The molecule has 0 saturated heterocycles. The number of hydrogen-bond donors (Lipinski definition) is 1. The Hall–Kier alpha value is -4.13. The van der Waals surface area contributed by atoms with Crippen LogP contribution in [-0.2, 0) is 6.54 Å². The molecule has 0 aliphatic rings. The van der Waals surface area contributed by atoms with E-state index in [0.717, 1.165) is 16.9 Å². The lowest BCUT2D eigenvalue weighted by atomic mass is 10.1. The van der Waals surface area contributed by atoms with Crippen LogP contribution in [0.25, 0.3) is 0 Å². The first-order valence-corrected chi connectivity index (χ1v) is 10.0. The highest BCUT2D eigenvalue weighted by atomic mass is 16.5. The number of amides is 1. The van der Waals surface area contributed by atoms with Gasteiger partial charge in [0, 0.05) is 55.4 Å². The fraction of sp³-hybridized carbons (Fsp3) is 0.160. The molecule has 7 heteroatoms. The number of methoxy groups -OCH3 is 1. The van der Waals surface area contributed by atoms with Gasteiger partial charge in [0.15, 0.2) is 0 Å². The smallest absolute Gasteiger partial charge is 0.251 e. The van der Waals surface area contributed by atoms with Crippen LogP contribution in [0.15, 0.2) is 79.8 Å². The van der Waals surface area contributed by atoms with Crippen molar-refractivity contribution in [3.8, 4) is 17.4 Å². The minimum atomic E-state index is -0.187. The molecule has 0 atom stereocenters. The largest absolute Gasteiger partial charge is 0.481 e. The molecule has 32 heavy (non-hydrogen) atoms. The summed E-state index contributed by atoms with van der Waals surface area (Å²) in [4.78, 5) is 23.1. The molecule has 0 fully saturated rings. The molecule has 0 unspecified atom stereocenters. The van der Waals surface area contributed by atoms with E-state index in [1.54, 1.807) is 49.8 Å². The molecule has 1 amide bonds. The highest BCUT2D eigenvalue weighted by Crippen LogP contribution is 2.28. The second-order valence-electron chi connectivity index (χ2n) is 6.96. The second-order valence-corrected chi connectivity index (χ2v) is 6.96. The highest BCUT2D eigenvalue weighted by Gasteiger charge is 2.13. The summed E-state index contributed by atoms with van der Waals surface area (Å²) >= 11 is 0. The van der Waals surface area contributed by atoms with Crippen LogP contribution in [0.5, 0.6) is 17.4 Å². The van der Waals surface area contributed by atoms with Gasteiger partial charge >= 0.3 is 0 Å². The van der Waals surface area contributed by atoms with Gasteiger partial charge in [-0.2, -0.15) is 0 Å². The van der Waals surface area contributed by atoms with E-state index >= 15 is 0 Å². The van der Waals surface area contributed by atoms with Crippen molar-refractivity contribution >= 4 is 11.7 Å². The first-order valence-electron chi connectivity index (χ1n) is 10.0. The number of rotatable bonds is 9. The Morgan fingerprint density at radius 1 is 1.22 bits per heavy atom. The zero-order valence-electron chi connectivity index (χ0n) is 18.4. The lowest BCUT2D eigenvalue weighted by molar-refractivity contribution is 0.0950. The lowest BCUT2D eigenvalue weighted by Crippen LogP contribution is -2.23. The molecule has 3 rings (SSSR count). The number of carbonyl (C=O) groups excluding carboxylic acids is 1. The Labute approximate surface area is 188 Å². The Morgan fingerprint density at radius 2 is 2.06 bits per heavy atom. The number of hydrogen-bond acceptors (Lipinski definition) is 6. The third kappa shape index (κ3) is 5.72. The summed E-state index contributed by atoms with van der Waals surface area (Å²) in [6.07, 6.45) is 8.73. The SMILES string of the molecule is C=C/C=C\N(C)c1cc(Oc2cccc(C(=O)NCc3ccc(OC)nc3)c2C)ccn1. The summed E-state index contributed by atoms with van der Waals surface area (Å²) in [6.45, 7) is 5.89. The molecule has 2 heterocycles. The highest BCUT2D eigenvalue weighted by molar-refractivity contribution is 5.96. The molecule has 0 radical (unpaired) electrons. The minimum Gasteiger partial charge on any atom is -0.481 e. The van der Waals surface area contributed by atoms with E-state index in [2.05, 4.69) is 21.9 Å². The van der Waals surface area contributed by atoms with Gasteiger partial charge in [-0.1, -0.05) is 24.8 Å². The maximum Gasteiger partial charge on any atom is 0.251 e. The summed E-state index contributed by atoms with van der Waals surface area (Å²) in [5.41, 5.74) is 2.17. The molecule has 1 aromatic carbocycles. The third-order valence-corrected chi connectivity index (χ3v) is 4.74. The normalized spacial score (nSPS) is 10.6. The van der Waals surface area contributed by atoms with Crippen molar-refractivity contribution in [2.24, 2.45) is 0 Å². The van der Waals surface area contributed by atoms with E-state index in [-0.39, 0.29) is 5.91 Å². The van der Waals surface area contributed by atoms with E-state index in [4.69, 9.17) is 9.47 Å². The van der Waals surface area contributed by atoms with Crippen molar-refractivity contribution in [3.05, 3.63) is 96.5 Å². The van der Waals surface area contributed by atoms with Crippen LogP contribution in [0.1, 0.15) is 21.5 Å². The number of anilines is 1. The summed E-state index contributed by atoms with van der Waals surface area (Å²) in [5.74, 6) is 2.29. The molecular weight excluding hydrogens is 404 g/mol. The van der Waals surface area contributed by atoms with Crippen molar-refractivity contribution in [2.75, 3.05) is 19.1 Å². The van der Waals surface area contributed by atoms with Gasteiger partial charge in [-0.15, -0.1) is 0 Å². The second kappa shape index (κ2) is 10.8. The van der Waals surface area contributed by atoms with Gasteiger partial charge in [0.1, 0.15) is 17.3 Å². The Morgan fingerprint density at radius 3 is 2.78 bits per heavy atom. The number of ether oxygens (including phenoxy) is 2. The number of carbonyl (C=O) groups is 1. The summed E-state index contributed by atoms with van der Waals surface area (Å²) < 4.78 is 11.1. The van der Waals surface area contributed by atoms with Crippen molar-refractivity contribution in [3.63, 3.8) is 0 Å². The van der Waals surface area contributed by atoms with E-state index in [1.807, 2.05) is 49.3 Å². The van der Waals surface area contributed by atoms with Gasteiger partial charge in [0.05, 0.1) is 7.11 Å². The molecule has 0 aliphatic carbocycles. The predicted octanol–water partition coefficient (Wildman–Crippen LogP) is 4.65. The standard InChI is InChI=1S/C25H26N4O3/c1-5-6-14-29(3)23-15-20(12-13-26-23)32-22-9-7-8-21(18(22)2)25(30)28-17-19-10-11-24(31-4)27-16-19/h5-16H,1,17H2,2-4H3,(H,28,30)/b14-6-. The number of pyridine rings is 2. The van der Waals surface area contributed by atoms with Crippen LogP contribution < -0.4 is 19.7 Å². The average molecular weight is 431 g/mol. The van der Waals surface area contributed by atoms with Crippen molar-refractivity contribution in [1.29, 1.82) is 0 Å². The lowest BCUT2D eigenvalue weighted by Gasteiger charge is -2.15. The molecule has 0 spiro atoms. The fourth-order valence-corrected chi connectivity index (χ4v) is 2.93. The minimum absolute atomic E-state index is 0.187. The molecule has 0 aliphatic heterocycles. The number of benzene rings is 1. The first kappa shape index (κ1) is 22.6. The average Bonchev–Trinajstić information content (AvgIpc) is 2.82. The summed E-state index contributed by atoms with van der Waals surface area (Å²) in [7, 11) is 3.45. The van der Waals surface area contributed by atoms with Gasteiger partial charge in [-0.3, -0.25) is 4.79 Å². The van der Waals surface area contributed by atoms with Gasteiger partial charge in [0.25, 0.3) is 5.91 Å². The van der Waals surface area contributed by atoms with E-state index in [9.17, 15) is 4.79 Å². The Balaban J connectivity index is 1.71. The van der Waals surface area contributed by atoms with Crippen LogP contribution in [0.3, 0.4) is 0 Å². The van der Waals surface area contributed by atoms with Crippen molar-refractivity contribution in [1.82, 2.24) is 15.3 Å². The number of aromatic nitrogens is 2. The van der Waals surface area contributed by atoms with Gasteiger partial charge in [0.2, 0.25) is 5.88 Å². The van der Waals surface area contributed by atoms with Gasteiger partial charge in [-0.25, -0.2) is 9.97 Å². The number of nitrogens with one attached hydrogen (secondary N) is 1. The molecule has 0 saturated carbocycles. The topological polar surface area (TPSA) is 76.6 Å². The molecule has 3 aromatic rings. The third-order valence-electron chi connectivity index (χ3n) is 4.74. The summed E-state index contributed by atoms with van der Waals surface area (Å²) in [5, 5.41) is 2.92. The maximum absolute atomic E-state index is 12.8. The van der Waals surface area contributed by atoms with Crippen LogP contribution in [-0.4, -0.2) is 30.0 Å². The van der Waals surface area contributed by atoms with Crippen LogP contribution >= 0.6 is 0 Å². The summed E-state index contributed by atoms with van der Waals surface area (Å²) in [6, 6.07) is 12.6. The fourth-order valence-electron chi connectivity index (χ4n) is 2.93. The molecular formula is C25H26N4O3.